The van der Waals surface area contributed by atoms with Crippen LogP contribution in [0.4, 0.5) is 11.5 Å². The van der Waals surface area contributed by atoms with E-state index in [-0.39, 0.29) is 11.8 Å². The predicted octanol–water partition coefficient (Wildman–Crippen LogP) is 4.44. The van der Waals surface area contributed by atoms with Gasteiger partial charge in [0.1, 0.15) is 12.1 Å². The van der Waals surface area contributed by atoms with Crippen LogP contribution in [0, 0.1) is 19.8 Å². The lowest BCUT2D eigenvalue weighted by molar-refractivity contribution is -0.120. The van der Waals surface area contributed by atoms with Gasteiger partial charge in [-0.3, -0.25) is 4.79 Å². The van der Waals surface area contributed by atoms with Crippen LogP contribution in [0.25, 0.3) is 5.82 Å². The molecule has 0 bridgehead atoms. The van der Waals surface area contributed by atoms with Crippen LogP contribution in [0.5, 0.6) is 0 Å². The Kier molecular flexibility index (Phi) is 5.92. The lowest BCUT2D eigenvalue weighted by atomic mass is 9.97. The standard InChI is InChI=1S/C21H22Cl2N6O/c1-13-8-14(2)29(27-13)20-10-19(24-12-25-20)28-7-3-4-15(11-28)21(30)26-18-6-5-16(22)9-17(18)23/h5-6,8-10,12,15H,3-4,7,11H2,1-2H3,(H,26,30). The molecule has 9 heteroatoms. The number of piperidine rings is 1. The summed E-state index contributed by atoms with van der Waals surface area (Å²) < 4.78 is 1.80. The molecule has 0 radical (unpaired) electrons. The van der Waals surface area contributed by atoms with Crippen molar-refractivity contribution in [1.82, 2.24) is 19.7 Å². The third-order valence-electron chi connectivity index (χ3n) is 5.17. The Morgan fingerprint density at radius 1 is 1.13 bits per heavy atom. The summed E-state index contributed by atoms with van der Waals surface area (Å²) in [4.78, 5) is 23.8. The first-order valence-corrected chi connectivity index (χ1v) is 10.5. The van der Waals surface area contributed by atoms with Crippen molar-refractivity contribution in [3.05, 3.63) is 58.1 Å². The lowest BCUT2D eigenvalue weighted by Gasteiger charge is -2.33. The van der Waals surface area contributed by atoms with Gasteiger partial charge in [0.15, 0.2) is 5.82 Å². The van der Waals surface area contributed by atoms with Crippen LogP contribution >= 0.6 is 23.2 Å². The van der Waals surface area contributed by atoms with Crippen molar-refractivity contribution in [3.63, 3.8) is 0 Å². The van der Waals surface area contributed by atoms with Crippen LogP contribution in [0.2, 0.25) is 10.0 Å². The van der Waals surface area contributed by atoms with Gasteiger partial charge in [0.2, 0.25) is 5.91 Å². The average molecular weight is 445 g/mol. The monoisotopic (exact) mass is 444 g/mol. The summed E-state index contributed by atoms with van der Waals surface area (Å²) in [5, 5.41) is 8.37. The Labute approximate surface area is 185 Å². The quantitative estimate of drug-likeness (QED) is 0.643. The molecule has 1 unspecified atom stereocenters. The van der Waals surface area contributed by atoms with Crippen LogP contribution < -0.4 is 10.2 Å². The van der Waals surface area contributed by atoms with Crippen molar-refractivity contribution in [2.45, 2.75) is 26.7 Å². The number of amides is 1. The summed E-state index contributed by atoms with van der Waals surface area (Å²) in [6.07, 6.45) is 3.24. The highest BCUT2D eigenvalue weighted by molar-refractivity contribution is 6.36. The molecule has 3 aromatic rings. The molecule has 30 heavy (non-hydrogen) atoms. The predicted molar refractivity (Wildman–Crippen MR) is 119 cm³/mol. The zero-order valence-corrected chi connectivity index (χ0v) is 18.3. The summed E-state index contributed by atoms with van der Waals surface area (Å²) in [6.45, 7) is 5.35. The first kappa shape index (κ1) is 20.6. The van der Waals surface area contributed by atoms with Gasteiger partial charge in [-0.2, -0.15) is 5.10 Å². The maximum atomic E-state index is 12.8. The number of benzene rings is 1. The van der Waals surface area contributed by atoms with Crippen molar-refractivity contribution in [2.24, 2.45) is 5.92 Å². The van der Waals surface area contributed by atoms with Crippen LogP contribution in [0.15, 0.2) is 36.7 Å². The first-order chi connectivity index (χ1) is 14.4. The van der Waals surface area contributed by atoms with E-state index < -0.39 is 0 Å². The van der Waals surface area contributed by atoms with Crippen molar-refractivity contribution < 1.29 is 4.79 Å². The number of nitrogens with one attached hydrogen (secondary N) is 1. The zero-order valence-electron chi connectivity index (χ0n) is 16.8. The van der Waals surface area contributed by atoms with Gasteiger partial charge in [-0.25, -0.2) is 14.6 Å². The SMILES string of the molecule is Cc1cc(C)n(-c2cc(N3CCCC(C(=O)Nc4ccc(Cl)cc4Cl)C3)ncn2)n1. The molecule has 1 saturated heterocycles. The van der Waals surface area contributed by atoms with E-state index in [9.17, 15) is 4.79 Å². The molecular weight excluding hydrogens is 423 g/mol. The molecule has 1 fully saturated rings. The van der Waals surface area contributed by atoms with Crippen LogP contribution in [0.1, 0.15) is 24.2 Å². The highest BCUT2D eigenvalue weighted by Crippen LogP contribution is 2.28. The minimum absolute atomic E-state index is 0.0586. The molecule has 0 spiro atoms. The lowest BCUT2D eigenvalue weighted by Crippen LogP contribution is -2.41. The molecule has 1 N–H and O–H groups in total. The summed E-state index contributed by atoms with van der Waals surface area (Å²) in [5.74, 6) is 1.27. The first-order valence-electron chi connectivity index (χ1n) is 9.77. The van der Waals surface area contributed by atoms with E-state index in [1.807, 2.05) is 26.0 Å². The summed E-state index contributed by atoms with van der Waals surface area (Å²) in [6, 6.07) is 8.96. The Morgan fingerprint density at radius 3 is 2.67 bits per heavy atom. The third-order valence-corrected chi connectivity index (χ3v) is 5.72. The fraction of sp³-hybridized carbons (Fsp3) is 0.333. The molecule has 1 amide bonds. The zero-order chi connectivity index (χ0) is 21.3. The van der Waals surface area contributed by atoms with E-state index in [1.54, 1.807) is 22.9 Å². The van der Waals surface area contributed by atoms with Gasteiger partial charge in [-0.15, -0.1) is 0 Å². The van der Waals surface area contributed by atoms with Crippen LogP contribution in [-0.4, -0.2) is 38.7 Å². The van der Waals surface area contributed by atoms with Gasteiger partial charge >= 0.3 is 0 Å². The number of aryl methyl sites for hydroxylation is 2. The Bertz CT molecular complexity index is 1080. The number of halogens is 2. The van der Waals surface area contributed by atoms with Gasteiger partial charge in [-0.05, 0) is 51.0 Å². The Morgan fingerprint density at radius 2 is 1.93 bits per heavy atom. The largest absolute Gasteiger partial charge is 0.356 e. The second kappa shape index (κ2) is 8.62. The van der Waals surface area contributed by atoms with E-state index >= 15 is 0 Å². The van der Waals surface area contributed by atoms with Gasteiger partial charge in [0, 0.05) is 29.9 Å². The van der Waals surface area contributed by atoms with Crippen molar-refractivity contribution >= 4 is 40.6 Å². The van der Waals surface area contributed by atoms with E-state index in [4.69, 9.17) is 23.2 Å². The minimum atomic E-state index is -0.169. The molecule has 1 aromatic carbocycles. The number of nitrogens with zero attached hydrogens (tertiary/aromatic N) is 5. The molecule has 4 rings (SSSR count). The highest BCUT2D eigenvalue weighted by atomic mass is 35.5. The Balaban J connectivity index is 1.49. The maximum absolute atomic E-state index is 12.8. The van der Waals surface area contributed by atoms with E-state index in [0.29, 0.717) is 28.1 Å². The molecular formula is C21H22Cl2N6O. The maximum Gasteiger partial charge on any atom is 0.229 e. The van der Waals surface area contributed by atoms with Gasteiger partial charge in [-0.1, -0.05) is 23.2 Å². The number of hydrogen-bond acceptors (Lipinski definition) is 5. The average Bonchev–Trinajstić information content (AvgIpc) is 3.08. The number of aromatic nitrogens is 4. The molecule has 2 aromatic heterocycles. The minimum Gasteiger partial charge on any atom is -0.356 e. The van der Waals surface area contributed by atoms with Crippen LogP contribution in [-0.2, 0) is 4.79 Å². The topological polar surface area (TPSA) is 75.9 Å². The second-order valence-electron chi connectivity index (χ2n) is 7.47. The smallest absolute Gasteiger partial charge is 0.229 e. The molecule has 1 aliphatic heterocycles. The summed E-state index contributed by atoms with van der Waals surface area (Å²) in [7, 11) is 0. The molecule has 3 heterocycles. The summed E-state index contributed by atoms with van der Waals surface area (Å²) >= 11 is 12.1. The number of anilines is 2. The van der Waals surface area contributed by atoms with E-state index in [0.717, 1.165) is 36.6 Å². The van der Waals surface area contributed by atoms with Crippen LogP contribution in [0.3, 0.4) is 0 Å². The van der Waals surface area contributed by atoms with Crippen molar-refractivity contribution in [3.8, 4) is 5.82 Å². The van der Waals surface area contributed by atoms with Crippen molar-refractivity contribution in [2.75, 3.05) is 23.3 Å². The molecule has 0 aliphatic carbocycles. The van der Waals surface area contributed by atoms with Gasteiger partial charge in [0.25, 0.3) is 0 Å². The van der Waals surface area contributed by atoms with E-state index in [2.05, 4.69) is 25.3 Å². The number of carbonyl (C=O) groups excluding carboxylic acids is 1. The number of carbonyl (C=O) groups is 1. The number of hydrogen-bond donors (Lipinski definition) is 1. The molecule has 7 nitrogen and oxygen atoms in total. The van der Waals surface area contributed by atoms with Gasteiger partial charge < -0.3 is 10.2 Å². The highest BCUT2D eigenvalue weighted by Gasteiger charge is 2.27. The molecule has 1 aliphatic rings. The molecule has 0 saturated carbocycles. The van der Waals surface area contributed by atoms with Crippen molar-refractivity contribution in [1.29, 1.82) is 0 Å². The fourth-order valence-corrected chi connectivity index (χ4v) is 4.17. The normalized spacial score (nSPS) is 16.5. The molecule has 1 atom stereocenters. The van der Waals surface area contributed by atoms with E-state index in [1.165, 1.54) is 6.33 Å². The molecule has 156 valence electrons. The summed E-state index contributed by atoms with van der Waals surface area (Å²) in [5.41, 5.74) is 2.51. The Hall–Kier alpha value is -2.64. The van der Waals surface area contributed by atoms with Gasteiger partial charge in [0.05, 0.1) is 22.3 Å². The second-order valence-corrected chi connectivity index (χ2v) is 8.32. The number of rotatable bonds is 4. The third kappa shape index (κ3) is 4.42. The fourth-order valence-electron chi connectivity index (χ4n) is 3.71.